The summed E-state index contributed by atoms with van der Waals surface area (Å²) in [5.41, 5.74) is 0.995. The Bertz CT molecular complexity index is 532. The number of rotatable bonds is 3. The molecule has 4 nitrogen and oxygen atoms in total. The minimum Gasteiger partial charge on any atom is -0.381 e. The molecule has 2 aliphatic heterocycles. The second-order valence-corrected chi connectivity index (χ2v) is 6.47. The second kappa shape index (κ2) is 7.88. The van der Waals surface area contributed by atoms with Crippen molar-refractivity contribution in [2.24, 2.45) is 5.92 Å². The van der Waals surface area contributed by atoms with E-state index in [1.807, 2.05) is 11.0 Å². The Kier molecular flexibility index (Phi) is 5.62. The summed E-state index contributed by atoms with van der Waals surface area (Å²) in [5.74, 6) is 0.244. The van der Waals surface area contributed by atoms with E-state index in [1.165, 1.54) is 6.07 Å². The molecule has 2 fully saturated rings. The molecule has 126 valence electrons. The van der Waals surface area contributed by atoms with E-state index < -0.39 is 0 Å². The van der Waals surface area contributed by atoms with Gasteiger partial charge in [-0.25, -0.2) is 4.39 Å². The van der Waals surface area contributed by atoms with Gasteiger partial charge in [-0.3, -0.25) is 9.69 Å². The molecule has 23 heavy (non-hydrogen) atoms. The zero-order valence-electron chi connectivity index (χ0n) is 13.5. The van der Waals surface area contributed by atoms with Crippen LogP contribution in [0.4, 0.5) is 4.39 Å². The molecule has 0 aliphatic carbocycles. The van der Waals surface area contributed by atoms with Crippen LogP contribution in [-0.4, -0.2) is 55.1 Å². The lowest BCUT2D eigenvalue weighted by molar-refractivity contribution is -0.138. The lowest BCUT2D eigenvalue weighted by atomic mass is 9.98. The van der Waals surface area contributed by atoms with Crippen LogP contribution in [0.15, 0.2) is 24.3 Å². The molecule has 1 aromatic carbocycles. The highest BCUT2D eigenvalue weighted by atomic mass is 19.1. The smallest absolute Gasteiger partial charge is 0.225 e. The zero-order chi connectivity index (χ0) is 16.1. The van der Waals surface area contributed by atoms with Crippen molar-refractivity contribution in [1.29, 1.82) is 0 Å². The lowest BCUT2D eigenvalue weighted by Crippen LogP contribution is -2.40. The third-order valence-electron chi connectivity index (χ3n) is 4.77. The summed E-state index contributed by atoms with van der Waals surface area (Å²) in [6.07, 6.45) is 2.68. The van der Waals surface area contributed by atoms with Gasteiger partial charge in [-0.05, 0) is 37.0 Å². The number of halogens is 1. The molecule has 1 amide bonds. The molecular weight excluding hydrogens is 295 g/mol. The quantitative estimate of drug-likeness (QED) is 0.857. The van der Waals surface area contributed by atoms with Crippen LogP contribution in [0.5, 0.6) is 0 Å². The standard InChI is InChI=1S/C18H25FN2O2/c19-17-4-1-3-15(13-17)14-20-7-2-8-21(10-9-20)18(22)16-5-11-23-12-6-16/h1,3-4,13,16H,2,5-12,14H2. The Morgan fingerprint density at radius 1 is 1.17 bits per heavy atom. The molecule has 0 atom stereocenters. The number of hydrogen-bond donors (Lipinski definition) is 0. The van der Waals surface area contributed by atoms with Gasteiger partial charge in [0, 0.05) is 51.9 Å². The molecule has 0 unspecified atom stereocenters. The fourth-order valence-corrected chi connectivity index (χ4v) is 3.45. The van der Waals surface area contributed by atoms with Gasteiger partial charge < -0.3 is 9.64 Å². The maximum absolute atomic E-state index is 13.3. The van der Waals surface area contributed by atoms with Crippen molar-refractivity contribution in [3.05, 3.63) is 35.6 Å². The summed E-state index contributed by atoms with van der Waals surface area (Å²) in [6.45, 7) is 5.56. The molecule has 0 bridgehead atoms. The van der Waals surface area contributed by atoms with E-state index >= 15 is 0 Å². The van der Waals surface area contributed by atoms with Crippen molar-refractivity contribution < 1.29 is 13.9 Å². The number of amides is 1. The van der Waals surface area contributed by atoms with Gasteiger partial charge >= 0.3 is 0 Å². The molecular formula is C18H25FN2O2. The normalized spacial score (nSPS) is 21.2. The maximum atomic E-state index is 13.3. The molecule has 0 radical (unpaired) electrons. The third-order valence-corrected chi connectivity index (χ3v) is 4.77. The van der Waals surface area contributed by atoms with E-state index in [0.717, 1.165) is 57.5 Å². The van der Waals surface area contributed by atoms with E-state index in [0.29, 0.717) is 19.1 Å². The monoisotopic (exact) mass is 320 g/mol. The van der Waals surface area contributed by atoms with E-state index in [2.05, 4.69) is 4.90 Å². The fraction of sp³-hybridized carbons (Fsp3) is 0.611. The maximum Gasteiger partial charge on any atom is 0.225 e. The summed E-state index contributed by atoms with van der Waals surface area (Å²) in [6, 6.07) is 6.78. The van der Waals surface area contributed by atoms with Gasteiger partial charge in [-0.15, -0.1) is 0 Å². The van der Waals surface area contributed by atoms with Gasteiger partial charge in [0.2, 0.25) is 5.91 Å². The van der Waals surface area contributed by atoms with Crippen LogP contribution < -0.4 is 0 Å². The molecule has 0 N–H and O–H groups in total. The predicted molar refractivity (Wildman–Crippen MR) is 86.4 cm³/mol. The molecule has 2 aliphatic rings. The average molecular weight is 320 g/mol. The van der Waals surface area contributed by atoms with Crippen LogP contribution >= 0.6 is 0 Å². The third kappa shape index (κ3) is 4.52. The number of ether oxygens (including phenoxy) is 1. The Morgan fingerprint density at radius 2 is 2.00 bits per heavy atom. The van der Waals surface area contributed by atoms with Gasteiger partial charge in [-0.2, -0.15) is 0 Å². The first-order valence-corrected chi connectivity index (χ1v) is 8.56. The fourth-order valence-electron chi connectivity index (χ4n) is 3.45. The van der Waals surface area contributed by atoms with E-state index in [-0.39, 0.29) is 11.7 Å². The van der Waals surface area contributed by atoms with Gasteiger partial charge in [0.05, 0.1) is 0 Å². The summed E-state index contributed by atoms with van der Waals surface area (Å²) < 4.78 is 18.6. The highest BCUT2D eigenvalue weighted by Gasteiger charge is 2.27. The predicted octanol–water partition coefficient (Wildman–Crippen LogP) is 2.29. The van der Waals surface area contributed by atoms with Crippen molar-refractivity contribution >= 4 is 5.91 Å². The molecule has 3 rings (SSSR count). The second-order valence-electron chi connectivity index (χ2n) is 6.47. The van der Waals surface area contributed by atoms with Gasteiger partial charge in [0.15, 0.2) is 0 Å². The van der Waals surface area contributed by atoms with Crippen LogP contribution in [0.25, 0.3) is 0 Å². The highest BCUT2D eigenvalue weighted by molar-refractivity contribution is 5.79. The SMILES string of the molecule is O=C(C1CCOCC1)N1CCCN(Cc2cccc(F)c2)CC1. The van der Waals surface area contributed by atoms with Crippen molar-refractivity contribution in [2.45, 2.75) is 25.8 Å². The lowest BCUT2D eigenvalue weighted by Gasteiger charge is -2.28. The molecule has 5 heteroatoms. The molecule has 0 saturated carbocycles. The first kappa shape index (κ1) is 16.4. The van der Waals surface area contributed by atoms with Crippen LogP contribution in [0.1, 0.15) is 24.8 Å². The Morgan fingerprint density at radius 3 is 2.78 bits per heavy atom. The molecule has 2 heterocycles. The first-order chi connectivity index (χ1) is 11.2. The number of benzene rings is 1. The molecule has 0 aromatic heterocycles. The minimum atomic E-state index is -0.186. The van der Waals surface area contributed by atoms with Crippen molar-refractivity contribution in [2.75, 3.05) is 39.4 Å². The van der Waals surface area contributed by atoms with Crippen LogP contribution in [0.2, 0.25) is 0 Å². The number of hydrogen-bond acceptors (Lipinski definition) is 3. The zero-order valence-corrected chi connectivity index (χ0v) is 13.5. The van der Waals surface area contributed by atoms with Crippen molar-refractivity contribution in [3.8, 4) is 0 Å². The van der Waals surface area contributed by atoms with E-state index in [1.54, 1.807) is 12.1 Å². The Hall–Kier alpha value is -1.46. The molecule has 2 saturated heterocycles. The Balaban J connectivity index is 1.53. The first-order valence-electron chi connectivity index (χ1n) is 8.56. The largest absolute Gasteiger partial charge is 0.381 e. The average Bonchev–Trinajstić information content (AvgIpc) is 2.81. The Labute approximate surface area is 137 Å². The van der Waals surface area contributed by atoms with E-state index in [9.17, 15) is 9.18 Å². The minimum absolute atomic E-state index is 0.138. The number of nitrogens with zero attached hydrogens (tertiary/aromatic N) is 2. The van der Waals surface area contributed by atoms with Gasteiger partial charge in [-0.1, -0.05) is 12.1 Å². The van der Waals surface area contributed by atoms with Crippen molar-refractivity contribution in [1.82, 2.24) is 9.80 Å². The summed E-state index contributed by atoms with van der Waals surface area (Å²) in [5, 5.41) is 0. The van der Waals surface area contributed by atoms with Gasteiger partial charge in [0.25, 0.3) is 0 Å². The van der Waals surface area contributed by atoms with Crippen LogP contribution in [-0.2, 0) is 16.1 Å². The van der Waals surface area contributed by atoms with Gasteiger partial charge in [0.1, 0.15) is 5.82 Å². The summed E-state index contributed by atoms with van der Waals surface area (Å²) >= 11 is 0. The number of carbonyl (C=O) groups excluding carboxylic acids is 1. The topological polar surface area (TPSA) is 32.8 Å². The summed E-state index contributed by atoms with van der Waals surface area (Å²) in [7, 11) is 0. The van der Waals surface area contributed by atoms with Crippen molar-refractivity contribution in [3.63, 3.8) is 0 Å². The highest BCUT2D eigenvalue weighted by Crippen LogP contribution is 2.19. The van der Waals surface area contributed by atoms with Crippen LogP contribution in [0.3, 0.4) is 0 Å². The van der Waals surface area contributed by atoms with Crippen LogP contribution in [0, 0.1) is 11.7 Å². The van der Waals surface area contributed by atoms with E-state index in [4.69, 9.17) is 4.74 Å². The summed E-state index contributed by atoms with van der Waals surface area (Å²) in [4.78, 5) is 16.9. The molecule has 1 aromatic rings. The number of carbonyl (C=O) groups is 1. The molecule has 0 spiro atoms.